The van der Waals surface area contributed by atoms with E-state index < -0.39 is 23.4 Å². The molecule has 0 bridgehead atoms. The van der Waals surface area contributed by atoms with Crippen molar-refractivity contribution in [2.75, 3.05) is 0 Å². The minimum Gasteiger partial charge on any atom is -0.286 e. The standard InChI is InChI=1S/C24H16N2O4S/c27-19-12-11-18(20(21(19)28)22-25-13-14-31-22)24(30)26(15-16-7-3-1-4-8-16)23(29)17-9-5-2-6-10-17/h1-14H,15H2. The normalized spacial score (nSPS) is 13.4. The van der Waals surface area contributed by atoms with Gasteiger partial charge in [0.25, 0.3) is 11.8 Å². The minimum absolute atomic E-state index is 0.0119. The Hall–Kier alpha value is -3.97. The highest BCUT2D eigenvalue weighted by molar-refractivity contribution is 7.11. The first kappa shape index (κ1) is 20.3. The van der Waals surface area contributed by atoms with Gasteiger partial charge in [0.1, 0.15) is 5.01 Å². The van der Waals surface area contributed by atoms with Crippen LogP contribution in [0.15, 0.2) is 90.0 Å². The molecule has 2 amide bonds. The zero-order chi connectivity index (χ0) is 21.8. The number of rotatable bonds is 5. The molecule has 1 aromatic heterocycles. The van der Waals surface area contributed by atoms with E-state index in [9.17, 15) is 19.2 Å². The lowest BCUT2D eigenvalue weighted by molar-refractivity contribution is -0.130. The van der Waals surface area contributed by atoms with Crippen LogP contribution >= 0.6 is 11.3 Å². The van der Waals surface area contributed by atoms with E-state index in [0.717, 1.165) is 27.9 Å². The van der Waals surface area contributed by atoms with Crippen LogP contribution in [0, 0.1) is 0 Å². The van der Waals surface area contributed by atoms with Crippen LogP contribution in [0.5, 0.6) is 0 Å². The molecule has 4 rings (SSSR count). The van der Waals surface area contributed by atoms with Crippen LogP contribution in [-0.2, 0) is 20.9 Å². The molecule has 0 N–H and O–H groups in total. The van der Waals surface area contributed by atoms with Crippen molar-refractivity contribution >= 4 is 40.3 Å². The highest BCUT2D eigenvalue weighted by atomic mass is 32.1. The molecule has 0 atom stereocenters. The number of hydrogen-bond donors (Lipinski definition) is 0. The summed E-state index contributed by atoms with van der Waals surface area (Å²) in [6, 6.07) is 17.5. The Morgan fingerprint density at radius 3 is 2.19 bits per heavy atom. The average molecular weight is 428 g/mol. The largest absolute Gasteiger partial charge is 0.286 e. The van der Waals surface area contributed by atoms with Crippen LogP contribution in [0.2, 0.25) is 0 Å². The molecule has 0 saturated carbocycles. The van der Waals surface area contributed by atoms with E-state index in [1.165, 1.54) is 12.3 Å². The van der Waals surface area contributed by atoms with Crippen molar-refractivity contribution in [2.24, 2.45) is 0 Å². The number of allylic oxidation sites excluding steroid dienone is 2. The number of carbonyl (C=O) groups excluding carboxylic acids is 4. The van der Waals surface area contributed by atoms with Crippen LogP contribution in [0.1, 0.15) is 20.9 Å². The summed E-state index contributed by atoms with van der Waals surface area (Å²) >= 11 is 1.15. The molecular formula is C24H16N2O4S. The Bertz CT molecular complexity index is 1210. The Morgan fingerprint density at radius 2 is 1.55 bits per heavy atom. The Balaban J connectivity index is 1.81. The van der Waals surface area contributed by atoms with Crippen molar-refractivity contribution in [2.45, 2.75) is 6.54 Å². The lowest BCUT2D eigenvalue weighted by Crippen LogP contribution is -2.38. The molecule has 0 aliphatic heterocycles. The summed E-state index contributed by atoms with van der Waals surface area (Å²) in [5, 5.41) is 1.91. The highest BCUT2D eigenvalue weighted by Gasteiger charge is 2.34. The maximum Gasteiger partial charge on any atom is 0.261 e. The highest BCUT2D eigenvalue weighted by Crippen LogP contribution is 2.28. The fraction of sp³-hybridized carbons (Fsp3) is 0.0417. The molecule has 0 saturated heterocycles. The van der Waals surface area contributed by atoms with Crippen molar-refractivity contribution in [3.8, 4) is 0 Å². The third-order valence-corrected chi connectivity index (χ3v) is 5.48. The number of Topliss-reactive ketones (excluding diaryl/α,β-unsaturated/α-hetero) is 1. The first-order chi connectivity index (χ1) is 15.1. The smallest absolute Gasteiger partial charge is 0.261 e. The van der Waals surface area contributed by atoms with E-state index in [-0.39, 0.29) is 22.7 Å². The summed E-state index contributed by atoms with van der Waals surface area (Å²) in [7, 11) is 0. The number of hydrogen-bond acceptors (Lipinski definition) is 6. The maximum atomic E-state index is 13.6. The zero-order valence-corrected chi connectivity index (χ0v) is 17.0. The summed E-state index contributed by atoms with van der Waals surface area (Å²) in [5.41, 5.74) is 0.982. The summed E-state index contributed by atoms with van der Waals surface area (Å²) in [4.78, 5) is 56.6. The molecule has 0 spiro atoms. The van der Waals surface area contributed by atoms with Crippen LogP contribution < -0.4 is 0 Å². The summed E-state index contributed by atoms with van der Waals surface area (Å²) in [6.07, 6.45) is 3.83. The number of aromatic nitrogens is 1. The van der Waals surface area contributed by atoms with Crippen molar-refractivity contribution < 1.29 is 19.2 Å². The van der Waals surface area contributed by atoms with Crippen molar-refractivity contribution in [3.05, 3.63) is 106 Å². The number of ketones is 2. The van der Waals surface area contributed by atoms with Gasteiger partial charge in [0.15, 0.2) is 0 Å². The van der Waals surface area contributed by atoms with Gasteiger partial charge in [-0.15, -0.1) is 11.3 Å². The topological polar surface area (TPSA) is 84.4 Å². The van der Waals surface area contributed by atoms with Crippen molar-refractivity contribution in [1.29, 1.82) is 0 Å². The van der Waals surface area contributed by atoms with Crippen LogP contribution in [0.25, 0.3) is 5.57 Å². The fourth-order valence-corrected chi connectivity index (χ4v) is 3.88. The number of carbonyl (C=O) groups is 4. The van der Waals surface area contributed by atoms with Gasteiger partial charge in [-0.1, -0.05) is 48.5 Å². The lowest BCUT2D eigenvalue weighted by atomic mass is 9.94. The predicted octanol–water partition coefficient (Wildman–Crippen LogP) is 3.47. The van der Waals surface area contributed by atoms with E-state index in [1.54, 1.807) is 47.8 Å². The first-order valence-electron chi connectivity index (χ1n) is 9.42. The molecule has 0 fully saturated rings. The molecule has 3 aromatic rings. The SMILES string of the molecule is O=C1C=CC(C(=O)N(Cc2ccccc2)C(=O)c2ccccc2)=C(c2nccs2)C1=O. The van der Waals surface area contributed by atoms with Crippen molar-refractivity contribution in [3.63, 3.8) is 0 Å². The summed E-state index contributed by atoms with van der Waals surface area (Å²) in [6.45, 7) is 0.0119. The van der Waals surface area contributed by atoms with Gasteiger partial charge in [0.05, 0.1) is 17.7 Å². The number of nitrogens with zero attached hydrogens (tertiary/aromatic N) is 2. The van der Waals surface area contributed by atoms with E-state index in [2.05, 4.69) is 4.98 Å². The van der Waals surface area contributed by atoms with Gasteiger partial charge in [0.2, 0.25) is 11.6 Å². The Morgan fingerprint density at radius 1 is 0.871 bits per heavy atom. The van der Waals surface area contributed by atoms with Gasteiger partial charge in [-0.2, -0.15) is 0 Å². The molecule has 0 unspecified atom stereocenters. The van der Waals surface area contributed by atoms with E-state index >= 15 is 0 Å². The third-order valence-electron chi connectivity index (χ3n) is 4.69. The molecule has 0 radical (unpaired) electrons. The molecular weight excluding hydrogens is 412 g/mol. The fourth-order valence-electron chi connectivity index (χ4n) is 3.18. The molecule has 31 heavy (non-hydrogen) atoms. The Labute approximate surface area is 182 Å². The quantitative estimate of drug-likeness (QED) is 0.353. The molecule has 152 valence electrons. The van der Waals surface area contributed by atoms with Gasteiger partial charge in [-0.25, -0.2) is 4.98 Å². The molecule has 2 aromatic carbocycles. The summed E-state index contributed by atoms with van der Waals surface area (Å²) in [5.74, 6) is -2.71. The first-order valence-corrected chi connectivity index (χ1v) is 10.3. The Kier molecular flexibility index (Phi) is 5.77. The number of imide groups is 1. The van der Waals surface area contributed by atoms with Gasteiger partial charge >= 0.3 is 0 Å². The average Bonchev–Trinajstić information content (AvgIpc) is 3.34. The number of amides is 2. The molecule has 7 heteroatoms. The second kappa shape index (κ2) is 8.81. The van der Waals surface area contributed by atoms with Crippen LogP contribution in [-0.4, -0.2) is 33.3 Å². The number of benzene rings is 2. The second-order valence-electron chi connectivity index (χ2n) is 6.70. The maximum absolute atomic E-state index is 13.6. The van der Waals surface area contributed by atoms with Gasteiger partial charge in [-0.05, 0) is 29.8 Å². The lowest BCUT2D eigenvalue weighted by Gasteiger charge is -2.23. The van der Waals surface area contributed by atoms with E-state index in [1.807, 2.05) is 18.2 Å². The molecule has 1 heterocycles. The van der Waals surface area contributed by atoms with Crippen molar-refractivity contribution in [1.82, 2.24) is 9.88 Å². The zero-order valence-electron chi connectivity index (χ0n) is 16.2. The van der Waals surface area contributed by atoms with Crippen LogP contribution in [0.4, 0.5) is 0 Å². The summed E-state index contributed by atoms with van der Waals surface area (Å²) < 4.78 is 0. The molecule has 6 nitrogen and oxygen atoms in total. The van der Waals surface area contributed by atoms with Gasteiger partial charge in [-0.3, -0.25) is 24.1 Å². The minimum atomic E-state index is -0.812. The monoisotopic (exact) mass is 428 g/mol. The molecule has 1 aliphatic rings. The van der Waals surface area contributed by atoms with Crippen LogP contribution in [0.3, 0.4) is 0 Å². The van der Waals surface area contributed by atoms with E-state index in [0.29, 0.717) is 5.56 Å². The predicted molar refractivity (Wildman–Crippen MR) is 116 cm³/mol. The van der Waals surface area contributed by atoms with E-state index in [4.69, 9.17) is 0 Å². The van der Waals surface area contributed by atoms with Gasteiger partial charge < -0.3 is 0 Å². The third kappa shape index (κ3) is 4.17. The molecule has 1 aliphatic carbocycles. The second-order valence-corrected chi connectivity index (χ2v) is 7.60. The van der Waals surface area contributed by atoms with Gasteiger partial charge in [0, 0.05) is 17.1 Å². The number of thiazole rings is 1.